The molecule has 1 aliphatic rings. The van der Waals surface area contributed by atoms with E-state index in [-0.39, 0.29) is 5.41 Å². The van der Waals surface area contributed by atoms with Crippen LogP contribution in [0.1, 0.15) is 48.1 Å². The zero-order valence-electron chi connectivity index (χ0n) is 12.9. The number of terminal acetylenes is 1. The molecule has 2 aromatic carbocycles. The molecule has 21 heavy (non-hydrogen) atoms. The molecule has 0 aliphatic heterocycles. The molecule has 0 fully saturated rings. The van der Waals surface area contributed by atoms with Crippen LogP contribution in [0, 0.1) is 19.3 Å². The van der Waals surface area contributed by atoms with Gasteiger partial charge in [0, 0.05) is 5.56 Å². The molecular formula is C21H20. The Hall–Kier alpha value is -2.26. The molecule has 2 aromatic rings. The molecule has 0 spiro atoms. The molecular weight excluding hydrogens is 252 g/mol. The summed E-state index contributed by atoms with van der Waals surface area (Å²) >= 11 is 0. The Bertz CT molecular complexity index is 767. The van der Waals surface area contributed by atoms with Gasteiger partial charge in [0.15, 0.2) is 0 Å². The summed E-state index contributed by atoms with van der Waals surface area (Å²) in [5, 5.41) is 0. The predicted octanol–water partition coefficient (Wildman–Crippen LogP) is 5.09. The summed E-state index contributed by atoms with van der Waals surface area (Å²) in [7, 11) is 0. The van der Waals surface area contributed by atoms with E-state index < -0.39 is 0 Å². The molecule has 0 bridgehead atoms. The zero-order chi connectivity index (χ0) is 15.0. The first-order valence-corrected chi connectivity index (χ1v) is 7.40. The highest BCUT2D eigenvalue weighted by Gasteiger charge is 2.28. The van der Waals surface area contributed by atoms with Gasteiger partial charge >= 0.3 is 0 Å². The second-order valence-electron chi connectivity index (χ2n) is 6.48. The third-order valence-electron chi connectivity index (χ3n) is 4.35. The van der Waals surface area contributed by atoms with E-state index in [1.165, 1.54) is 27.8 Å². The summed E-state index contributed by atoms with van der Waals surface area (Å²) in [5.74, 6) is 2.76. The average Bonchev–Trinajstić information content (AvgIpc) is 2.46. The van der Waals surface area contributed by atoms with Gasteiger partial charge in [0.1, 0.15) is 0 Å². The van der Waals surface area contributed by atoms with E-state index in [1.54, 1.807) is 0 Å². The van der Waals surface area contributed by atoms with Crippen LogP contribution in [0.3, 0.4) is 0 Å². The lowest BCUT2D eigenvalue weighted by Gasteiger charge is -2.32. The maximum atomic E-state index is 5.59. The summed E-state index contributed by atoms with van der Waals surface area (Å²) in [6, 6.07) is 15.1. The average molecular weight is 272 g/mol. The van der Waals surface area contributed by atoms with Gasteiger partial charge in [0.2, 0.25) is 0 Å². The normalized spacial score (nSPS) is 15.8. The highest BCUT2D eigenvalue weighted by atomic mass is 14.3. The molecule has 0 nitrogen and oxygen atoms in total. The first kappa shape index (κ1) is 13.7. The molecule has 0 radical (unpaired) electrons. The number of hydrogen-bond acceptors (Lipinski definition) is 0. The molecule has 0 heterocycles. The van der Waals surface area contributed by atoms with Crippen molar-refractivity contribution >= 4 is 5.57 Å². The third-order valence-corrected chi connectivity index (χ3v) is 4.35. The van der Waals surface area contributed by atoms with E-state index in [2.05, 4.69) is 75.2 Å². The fourth-order valence-electron chi connectivity index (χ4n) is 3.11. The van der Waals surface area contributed by atoms with Crippen LogP contribution in [0.25, 0.3) is 5.57 Å². The van der Waals surface area contributed by atoms with Gasteiger partial charge in [0.05, 0.1) is 0 Å². The van der Waals surface area contributed by atoms with Crippen molar-refractivity contribution in [3.05, 3.63) is 76.4 Å². The Morgan fingerprint density at radius 1 is 1.10 bits per heavy atom. The zero-order valence-corrected chi connectivity index (χ0v) is 12.9. The largest absolute Gasteiger partial charge is 0.115 e. The number of allylic oxidation sites excluding steroid dienone is 1. The van der Waals surface area contributed by atoms with Gasteiger partial charge in [-0.15, -0.1) is 6.42 Å². The van der Waals surface area contributed by atoms with E-state index in [0.29, 0.717) is 0 Å². The van der Waals surface area contributed by atoms with Crippen LogP contribution < -0.4 is 0 Å². The van der Waals surface area contributed by atoms with Gasteiger partial charge in [-0.05, 0) is 53.2 Å². The van der Waals surface area contributed by atoms with Crippen LogP contribution in [0.4, 0.5) is 0 Å². The fourth-order valence-corrected chi connectivity index (χ4v) is 3.11. The summed E-state index contributed by atoms with van der Waals surface area (Å²) in [4.78, 5) is 0. The highest BCUT2D eigenvalue weighted by Crippen LogP contribution is 2.41. The van der Waals surface area contributed by atoms with Crippen LogP contribution in [0.2, 0.25) is 0 Å². The topological polar surface area (TPSA) is 0 Å². The smallest absolute Gasteiger partial charge is 0.0248 e. The molecule has 0 amide bonds. The van der Waals surface area contributed by atoms with Crippen molar-refractivity contribution in [2.24, 2.45) is 0 Å². The molecule has 104 valence electrons. The Balaban J connectivity index is 2.22. The van der Waals surface area contributed by atoms with Crippen molar-refractivity contribution in [3.63, 3.8) is 0 Å². The molecule has 0 saturated carbocycles. The van der Waals surface area contributed by atoms with Gasteiger partial charge in [-0.1, -0.05) is 61.7 Å². The number of aryl methyl sites for hydroxylation is 1. The molecule has 1 aliphatic carbocycles. The second-order valence-corrected chi connectivity index (χ2v) is 6.48. The monoisotopic (exact) mass is 272 g/mol. The number of fused-ring (bicyclic) bond motifs is 1. The van der Waals surface area contributed by atoms with Crippen molar-refractivity contribution < 1.29 is 0 Å². The van der Waals surface area contributed by atoms with Gasteiger partial charge in [0.25, 0.3) is 0 Å². The van der Waals surface area contributed by atoms with E-state index in [9.17, 15) is 0 Å². The maximum Gasteiger partial charge on any atom is 0.0248 e. The van der Waals surface area contributed by atoms with E-state index in [1.807, 2.05) is 0 Å². The van der Waals surface area contributed by atoms with Crippen LogP contribution in [-0.2, 0) is 5.41 Å². The van der Waals surface area contributed by atoms with Gasteiger partial charge in [-0.25, -0.2) is 0 Å². The Morgan fingerprint density at radius 2 is 1.90 bits per heavy atom. The Kier molecular flexibility index (Phi) is 3.22. The lowest BCUT2D eigenvalue weighted by atomic mass is 9.72. The van der Waals surface area contributed by atoms with Crippen LogP contribution in [-0.4, -0.2) is 0 Å². The summed E-state index contributed by atoms with van der Waals surface area (Å²) in [6.07, 6.45) is 9.00. The first-order valence-electron chi connectivity index (χ1n) is 7.40. The predicted molar refractivity (Wildman–Crippen MR) is 90.3 cm³/mol. The van der Waals surface area contributed by atoms with E-state index in [4.69, 9.17) is 6.42 Å². The molecule has 3 rings (SSSR count). The third kappa shape index (κ3) is 2.41. The standard InChI is InChI=1S/C21H20/c1-5-16-9-10-20-19(14-16)18(11-12-21(20,3)4)17-8-6-7-15(2)13-17/h1,6-11,13-14H,12H2,2-4H3. The van der Waals surface area contributed by atoms with Crippen LogP contribution >= 0.6 is 0 Å². The summed E-state index contributed by atoms with van der Waals surface area (Å²) in [6.45, 7) is 6.73. The summed E-state index contributed by atoms with van der Waals surface area (Å²) in [5.41, 5.74) is 7.66. The van der Waals surface area contributed by atoms with Crippen molar-refractivity contribution in [3.8, 4) is 12.3 Å². The molecule has 0 unspecified atom stereocenters. The second kappa shape index (κ2) is 4.93. The molecule has 0 atom stereocenters. The minimum absolute atomic E-state index is 0.162. The van der Waals surface area contributed by atoms with Crippen LogP contribution in [0.5, 0.6) is 0 Å². The quantitative estimate of drug-likeness (QED) is 0.634. The van der Waals surface area contributed by atoms with E-state index in [0.717, 1.165) is 12.0 Å². The lowest BCUT2D eigenvalue weighted by molar-refractivity contribution is 0.527. The molecule has 0 aromatic heterocycles. The van der Waals surface area contributed by atoms with Crippen molar-refractivity contribution in [1.29, 1.82) is 0 Å². The lowest BCUT2D eigenvalue weighted by Crippen LogP contribution is -2.22. The van der Waals surface area contributed by atoms with Gasteiger partial charge in [-0.2, -0.15) is 0 Å². The van der Waals surface area contributed by atoms with E-state index >= 15 is 0 Å². The molecule has 0 saturated heterocycles. The molecule has 0 N–H and O–H groups in total. The first-order chi connectivity index (χ1) is 10.0. The fraction of sp³-hybridized carbons (Fsp3) is 0.238. The highest BCUT2D eigenvalue weighted by molar-refractivity contribution is 5.84. The minimum Gasteiger partial charge on any atom is -0.115 e. The van der Waals surface area contributed by atoms with Crippen molar-refractivity contribution in [1.82, 2.24) is 0 Å². The van der Waals surface area contributed by atoms with Gasteiger partial charge in [-0.3, -0.25) is 0 Å². The number of hydrogen-bond donors (Lipinski definition) is 0. The van der Waals surface area contributed by atoms with Crippen LogP contribution in [0.15, 0.2) is 48.5 Å². The number of rotatable bonds is 1. The maximum absolute atomic E-state index is 5.59. The van der Waals surface area contributed by atoms with Crippen molar-refractivity contribution in [2.45, 2.75) is 32.6 Å². The minimum atomic E-state index is 0.162. The molecule has 0 heteroatoms. The Morgan fingerprint density at radius 3 is 2.62 bits per heavy atom. The van der Waals surface area contributed by atoms with Gasteiger partial charge < -0.3 is 0 Å². The SMILES string of the molecule is C#Cc1ccc2c(c1)C(c1cccc(C)c1)=CCC2(C)C. The number of benzene rings is 2. The van der Waals surface area contributed by atoms with Crippen molar-refractivity contribution in [2.75, 3.05) is 0 Å². The Labute approximate surface area is 127 Å². The summed E-state index contributed by atoms with van der Waals surface area (Å²) < 4.78 is 0.